The van der Waals surface area contributed by atoms with Crippen molar-refractivity contribution in [1.82, 2.24) is 0 Å². The third-order valence-corrected chi connectivity index (χ3v) is 5.92. The highest BCUT2D eigenvalue weighted by atomic mass is 16.5. The zero-order valence-corrected chi connectivity index (χ0v) is 15.0. The predicted molar refractivity (Wildman–Crippen MR) is 91.9 cm³/mol. The molecule has 0 aliphatic heterocycles. The summed E-state index contributed by atoms with van der Waals surface area (Å²) in [6.45, 7) is 12.1. The Hall–Kier alpha value is -0.630. The third kappa shape index (κ3) is 4.22. The molecule has 22 heavy (non-hydrogen) atoms. The SMILES string of the molecule is C=CC(=O)C(C)(C)CCCC(C)(C)OC1CCC2CCCC21. The zero-order valence-electron chi connectivity index (χ0n) is 15.0. The molecule has 0 spiro atoms. The molecule has 0 bridgehead atoms. The Kier molecular flexibility index (Phi) is 5.53. The summed E-state index contributed by atoms with van der Waals surface area (Å²) in [7, 11) is 0. The number of rotatable bonds is 8. The van der Waals surface area contributed by atoms with Gasteiger partial charge in [-0.25, -0.2) is 0 Å². The van der Waals surface area contributed by atoms with Crippen molar-refractivity contribution in [3.05, 3.63) is 12.7 Å². The first-order valence-electron chi connectivity index (χ1n) is 9.10. The van der Waals surface area contributed by atoms with Crippen LogP contribution in [-0.4, -0.2) is 17.5 Å². The third-order valence-electron chi connectivity index (χ3n) is 5.92. The summed E-state index contributed by atoms with van der Waals surface area (Å²) in [6, 6.07) is 0. The van der Waals surface area contributed by atoms with Crippen LogP contribution in [0.5, 0.6) is 0 Å². The largest absolute Gasteiger partial charge is 0.372 e. The maximum Gasteiger partial charge on any atom is 0.160 e. The number of fused-ring (bicyclic) bond motifs is 1. The molecule has 0 saturated heterocycles. The maximum atomic E-state index is 11.8. The van der Waals surface area contributed by atoms with Crippen molar-refractivity contribution in [2.75, 3.05) is 0 Å². The van der Waals surface area contributed by atoms with E-state index < -0.39 is 0 Å². The molecule has 2 rings (SSSR count). The molecule has 2 heteroatoms. The number of ketones is 1. The molecule has 2 aliphatic rings. The summed E-state index contributed by atoms with van der Waals surface area (Å²) in [5, 5.41) is 0. The number of carbonyl (C=O) groups excluding carboxylic acids is 1. The molecular formula is C20H34O2. The highest BCUT2D eigenvalue weighted by Gasteiger charge is 2.41. The van der Waals surface area contributed by atoms with E-state index in [1.807, 2.05) is 13.8 Å². The summed E-state index contributed by atoms with van der Waals surface area (Å²) in [4.78, 5) is 11.8. The average molecular weight is 306 g/mol. The van der Waals surface area contributed by atoms with Gasteiger partial charge < -0.3 is 4.74 Å². The van der Waals surface area contributed by atoms with Crippen LogP contribution >= 0.6 is 0 Å². The second-order valence-corrected chi connectivity index (χ2v) is 8.65. The normalized spacial score (nSPS) is 28.6. The van der Waals surface area contributed by atoms with Crippen LogP contribution in [-0.2, 0) is 9.53 Å². The monoisotopic (exact) mass is 306 g/mol. The fraction of sp³-hybridized carbons (Fsp3) is 0.850. The van der Waals surface area contributed by atoms with Crippen LogP contribution in [0, 0.1) is 17.3 Å². The minimum atomic E-state index is -0.290. The Labute approximate surface area is 136 Å². The Bertz CT molecular complexity index is 408. The van der Waals surface area contributed by atoms with Crippen LogP contribution in [0.1, 0.15) is 79.1 Å². The van der Waals surface area contributed by atoms with Gasteiger partial charge in [0.1, 0.15) is 0 Å². The van der Waals surface area contributed by atoms with Crippen molar-refractivity contribution in [3.63, 3.8) is 0 Å². The van der Waals surface area contributed by atoms with E-state index in [1.165, 1.54) is 38.2 Å². The van der Waals surface area contributed by atoms with Crippen molar-refractivity contribution < 1.29 is 9.53 Å². The molecular weight excluding hydrogens is 272 g/mol. The second-order valence-electron chi connectivity index (χ2n) is 8.65. The molecule has 2 nitrogen and oxygen atoms in total. The maximum absolute atomic E-state index is 11.8. The summed E-state index contributed by atoms with van der Waals surface area (Å²) in [5.41, 5.74) is -0.364. The van der Waals surface area contributed by atoms with Crippen LogP contribution in [0.3, 0.4) is 0 Å². The van der Waals surface area contributed by atoms with E-state index >= 15 is 0 Å². The molecule has 2 fully saturated rings. The van der Waals surface area contributed by atoms with Crippen molar-refractivity contribution >= 4 is 5.78 Å². The number of ether oxygens (including phenoxy) is 1. The van der Waals surface area contributed by atoms with Crippen LogP contribution in [0.4, 0.5) is 0 Å². The van der Waals surface area contributed by atoms with Crippen LogP contribution < -0.4 is 0 Å². The number of carbonyl (C=O) groups is 1. The van der Waals surface area contributed by atoms with E-state index in [0.29, 0.717) is 6.10 Å². The standard InChI is InChI=1S/C20H34O2/c1-6-18(21)19(2,3)13-8-14-20(4,5)22-17-12-11-15-9-7-10-16(15)17/h6,15-17H,1,7-14H2,2-5H3. The lowest BCUT2D eigenvalue weighted by atomic mass is 9.81. The van der Waals surface area contributed by atoms with Gasteiger partial charge in [0.25, 0.3) is 0 Å². The Morgan fingerprint density at radius 1 is 1.14 bits per heavy atom. The Morgan fingerprint density at radius 3 is 2.55 bits per heavy atom. The van der Waals surface area contributed by atoms with E-state index in [9.17, 15) is 4.79 Å². The van der Waals surface area contributed by atoms with Gasteiger partial charge in [0.05, 0.1) is 11.7 Å². The Balaban J connectivity index is 1.79. The van der Waals surface area contributed by atoms with Gasteiger partial charge in [-0.15, -0.1) is 0 Å². The molecule has 0 aromatic rings. The first kappa shape index (κ1) is 17.7. The van der Waals surface area contributed by atoms with Crippen molar-refractivity contribution in [1.29, 1.82) is 0 Å². The quantitative estimate of drug-likeness (QED) is 0.568. The molecule has 0 radical (unpaired) electrons. The van der Waals surface area contributed by atoms with Gasteiger partial charge >= 0.3 is 0 Å². The molecule has 3 unspecified atom stereocenters. The summed E-state index contributed by atoms with van der Waals surface area (Å²) in [6.07, 6.45) is 11.7. The van der Waals surface area contributed by atoms with Gasteiger partial charge in [0, 0.05) is 5.41 Å². The molecule has 0 N–H and O–H groups in total. The molecule has 0 aromatic carbocycles. The summed E-state index contributed by atoms with van der Waals surface area (Å²) >= 11 is 0. The van der Waals surface area contributed by atoms with Crippen molar-refractivity contribution in [2.45, 2.75) is 90.8 Å². The van der Waals surface area contributed by atoms with E-state index in [2.05, 4.69) is 20.4 Å². The van der Waals surface area contributed by atoms with E-state index in [0.717, 1.165) is 31.1 Å². The van der Waals surface area contributed by atoms with E-state index in [-0.39, 0.29) is 16.8 Å². The minimum Gasteiger partial charge on any atom is -0.372 e. The fourth-order valence-electron chi connectivity index (χ4n) is 4.48. The topological polar surface area (TPSA) is 26.3 Å². The first-order chi connectivity index (χ1) is 10.2. The zero-order chi connectivity index (χ0) is 16.4. The van der Waals surface area contributed by atoms with Gasteiger partial charge in [0.2, 0.25) is 0 Å². The fourth-order valence-corrected chi connectivity index (χ4v) is 4.48. The molecule has 2 aliphatic carbocycles. The van der Waals surface area contributed by atoms with Crippen molar-refractivity contribution in [2.24, 2.45) is 17.3 Å². The van der Waals surface area contributed by atoms with E-state index in [1.54, 1.807) is 0 Å². The molecule has 126 valence electrons. The van der Waals surface area contributed by atoms with Crippen LogP contribution in [0.15, 0.2) is 12.7 Å². The molecule has 0 amide bonds. The lowest BCUT2D eigenvalue weighted by molar-refractivity contribution is -0.123. The number of hydrogen-bond acceptors (Lipinski definition) is 2. The van der Waals surface area contributed by atoms with Gasteiger partial charge in [-0.05, 0) is 70.3 Å². The first-order valence-corrected chi connectivity index (χ1v) is 9.10. The molecule has 0 heterocycles. The smallest absolute Gasteiger partial charge is 0.160 e. The van der Waals surface area contributed by atoms with Gasteiger partial charge in [-0.2, -0.15) is 0 Å². The second kappa shape index (κ2) is 6.86. The number of hydrogen-bond donors (Lipinski definition) is 0. The van der Waals surface area contributed by atoms with E-state index in [4.69, 9.17) is 4.74 Å². The molecule has 2 saturated carbocycles. The average Bonchev–Trinajstić information content (AvgIpc) is 3.02. The molecule has 0 aromatic heterocycles. The lowest BCUT2D eigenvalue weighted by Gasteiger charge is -2.33. The van der Waals surface area contributed by atoms with Gasteiger partial charge in [-0.3, -0.25) is 4.79 Å². The minimum absolute atomic E-state index is 0.0740. The number of allylic oxidation sites excluding steroid dienone is 1. The van der Waals surface area contributed by atoms with Gasteiger partial charge in [-0.1, -0.05) is 33.3 Å². The molecule has 3 atom stereocenters. The summed E-state index contributed by atoms with van der Waals surface area (Å²) < 4.78 is 6.51. The van der Waals surface area contributed by atoms with Crippen LogP contribution in [0.2, 0.25) is 0 Å². The Morgan fingerprint density at radius 2 is 1.86 bits per heavy atom. The highest BCUT2D eigenvalue weighted by molar-refractivity contribution is 5.93. The highest BCUT2D eigenvalue weighted by Crippen LogP contribution is 2.46. The summed E-state index contributed by atoms with van der Waals surface area (Å²) in [5.74, 6) is 1.90. The lowest BCUT2D eigenvalue weighted by Crippen LogP contribution is -2.33. The predicted octanol–water partition coefficient (Wildman–Crippen LogP) is 5.31. The van der Waals surface area contributed by atoms with Gasteiger partial charge in [0.15, 0.2) is 5.78 Å². The van der Waals surface area contributed by atoms with Crippen LogP contribution in [0.25, 0.3) is 0 Å². The van der Waals surface area contributed by atoms with Crippen molar-refractivity contribution in [3.8, 4) is 0 Å².